The van der Waals surface area contributed by atoms with Crippen molar-refractivity contribution >= 4 is 53.3 Å². The van der Waals surface area contributed by atoms with Crippen LogP contribution in [-0.2, 0) is 49.5 Å². The van der Waals surface area contributed by atoms with Crippen LogP contribution in [-0.4, -0.2) is 123 Å². The predicted molar refractivity (Wildman–Crippen MR) is 209 cm³/mol. The van der Waals surface area contributed by atoms with Crippen molar-refractivity contribution in [2.75, 3.05) is 64.7 Å². The van der Waals surface area contributed by atoms with Gasteiger partial charge in [0.1, 0.15) is 31.0 Å². The minimum atomic E-state index is -1.10. The maximum atomic E-state index is 13.4. The van der Waals surface area contributed by atoms with Gasteiger partial charge in [-0.25, -0.2) is 14.4 Å². The number of ether oxygens (including phenoxy) is 6. The van der Waals surface area contributed by atoms with Gasteiger partial charge in [0.2, 0.25) is 11.8 Å². The van der Waals surface area contributed by atoms with Crippen LogP contribution < -0.4 is 31.7 Å². The minimum Gasteiger partial charge on any atom is -0.447 e. The van der Waals surface area contributed by atoms with Gasteiger partial charge in [-0.1, -0.05) is 26.0 Å². The van der Waals surface area contributed by atoms with E-state index in [0.29, 0.717) is 11.3 Å². The molecule has 22 heteroatoms. The Hall–Kier alpha value is -6.65. The zero-order valence-electron chi connectivity index (χ0n) is 33.1. The molecule has 0 bridgehead atoms. The van der Waals surface area contributed by atoms with Gasteiger partial charge in [0, 0.05) is 36.5 Å². The van der Waals surface area contributed by atoms with Crippen LogP contribution in [0, 0.1) is 16.0 Å². The third-order valence-corrected chi connectivity index (χ3v) is 8.22. The molecule has 326 valence electrons. The van der Waals surface area contributed by atoms with E-state index >= 15 is 0 Å². The molecule has 0 fully saturated rings. The van der Waals surface area contributed by atoms with Gasteiger partial charge in [0.05, 0.1) is 51.1 Å². The molecule has 1 aliphatic heterocycles. The largest absolute Gasteiger partial charge is 0.514 e. The number of amides is 7. The molecule has 0 aromatic heterocycles. The van der Waals surface area contributed by atoms with Crippen LogP contribution in [0.3, 0.4) is 0 Å². The fourth-order valence-electron chi connectivity index (χ4n) is 5.11. The molecule has 60 heavy (non-hydrogen) atoms. The standard InChI is InChI=1S/C38H49N7O15/c1-25(2)33(43-37(51)58-23-22-57-21-20-56-19-18-55-17-16-44-31(46)13-14-32(44)47)35(49)42-30(4-3-15-40-36(39)50)34(48)41-27-7-5-26(6-8-27)24-59-38(52)60-29-11-9-28(10-12-29)45(53)54/h5-14,25,30,33H,3-4,15-24H2,1-2H3,(H,41,48)(H,42,49)(H,43,51)(H3,39,40,50)/t30-,33-/m0/s1. The molecule has 6 N–H and O–H groups in total. The van der Waals surface area contributed by atoms with E-state index in [1.54, 1.807) is 38.1 Å². The molecule has 0 aliphatic carbocycles. The van der Waals surface area contributed by atoms with E-state index in [4.69, 9.17) is 34.2 Å². The molecule has 2 aromatic rings. The molecule has 3 rings (SSSR count). The maximum absolute atomic E-state index is 13.4. The van der Waals surface area contributed by atoms with Gasteiger partial charge in [-0.15, -0.1) is 0 Å². The number of imide groups is 1. The summed E-state index contributed by atoms with van der Waals surface area (Å²) in [4.78, 5) is 96.9. The number of benzene rings is 2. The Morgan fingerprint density at radius 2 is 1.38 bits per heavy atom. The highest BCUT2D eigenvalue weighted by molar-refractivity contribution is 6.12. The third-order valence-electron chi connectivity index (χ3n) is 8.22. The number of nitrogens with zero attached hydrogens (tertiary/aromatic N) is 2. The SMILES string of the molecule is CC(C)[C@H](NC(=O)OCCOCCOCCOCCN1C(=O)C=CC1=O)C(=O)N[C@@H](CCCNC(N)=O)C(=O)Nc1ccc(COC(=O)Oc2ccc([N+](=O)[O-])cc2)cc1. The van der Waals surface area contributed by atoms with E-state index in [0.717, 1.165) is 4.90 Å². The first-order chi connectivity index (χ1) is 28.7. The van der Waals surface area contributed by atoms with Crippen molar-refractivity contribution in [1.29, 1.82) is 0 Å². The fourth-order valence-corrected chi connectivity index (χ4v) is 5.11. The first-order valence-electron chi connectivity index (χ1n) is 18.8. The Balaban J connectivity index is 1.39. The van der Waals surface area contributed by atoms with Gasteiger partial charge < -0.3 is 55.4 Å². The van der Waals surface area contributed by atoms with Crippen LogP contribution in [0.1, 0.15) is 32.3 Å². The number of primary amides is 1. The molecule has 2 aromatic carbocycles. The van der Waals surface area contributed by atoms with E-state index in [9.17, 15) is 43.7 Å². The van der Waals surface area contributed by atoms with Crippen molar-refractivity contribution in [1.82, 2.24) is 20.9 Å². The minimum absolute atomic E-state index is 0.0458. The molecular weight excluding hydrogens is 794 g/mol. The number of nitrogens with two attached hydrogens (primary N) is 1. The van der Waals surface area contributed by atoms with E-state index in [2.05, 4.69) is 21.3 Å². The molecule has 1 aliphatic rings. The summed E-state index contributed by atoms with van der Waals surface area (Å²) in [6.07, 6.45) is 0.835. The lowest BCUT2D eigenvalue weighted by atomic mass is 10.0. The Morgan fingerprint density at radius 3 is 1.97 bits per heavy atom. The van der Waals surface area contributed by atoms with Gasteiger partial charge >= 0.3 is 18.3 Å². The van der Waals surface area contributed by atoms with Crippen molar-refractivity contribution < 1.29 is 66.9 Å². The highest BCUT2D eigenvalue weighted by Crippen LogP contribution is 2.18. The molecule has 22 nitrogen and oxygen atoms in total. The van der Waals surface area contributed by atoms with Crippen LogP contribution in [0.25, 0.3) is 0 Å². The molecule has 1 heterocycles. The Morgan fingerprint density at radius 1 is 0.783 bits per heavy atom. The smallest absolute Gasteiger partial charge is 0.447 e. The van der Waals surface area contributed by atoms with Crippen LogP contribution >= 0.6 is 0 Å². The summed E-state index contributed by atoms with van der Waals surface area (Å²) in [6.45, 7) is 4.52. The first kappa shape index (κ1) is 47.7. The number of carbonyl (C=O) groups is 7. The van der Waals surface area contributed by atoms with E-state index in [-0.39, 0.29) is 102 Å². The second kappa shape index (κ2) is 25.7. The van der Waals surface area contributed by atoms with E-state index in [1.165, 1.54) is 36.4 Å². The molecule has 0 unspecified atom stereocenters. The number of nitro benzene ring substituents is 1. The number of hydrogen-bond acceptors (Lipinski definition) is 15. The van der Waals surface area contributed by atoms with Crippen molar-refractivity contribution in [2.24, 2.45) is 11.7 Å². The number of carbonyl (C=O) groups excluding carboxylic acids is 7. The summed E-state index contributed by atoms with van der Waals surface area (Å²) < 4.78 is 31.4. The van der Waals surface area contributed by atoms with Crippen molar-refractivity contribution in [3.63, 3.8) is 0 Å². The average Bonchev–Trinajstić information content (AvgIpc) is 3.53. The normalized spacial score (nSPS) is 13.0. The third kappa shape index (κ3) is 17.9. The molecular formula is C38H49N7O15. The Bertz CT molecular complexity index is 1790. The highest BCUT2D eigenvalue weighted by atomic mass is 16.7. The van der Waals surface area contributed by atoms with Gasteiger partial charge in [-0.3, -0.25) is 34.2 Å². The lowest BCUT2D eigenvalue weighted by molar-refractivity contribution is -0.384. The van der Waals surface area contributed by atoms with Crippen LogP contribution in [0.5, 0.6) is 5.75 Å². The Labute approximate surface area is 344 Å². The lowest BCUT2D eigenvalue weighted by Crippen LogP contribution is -2.54. The number of non-ortho nitro benzene ring substituents is 1. The molecule has 0 spiro atoms. The monoisotopic (exact) mass is 843 g/mol. The highest BCUT2D eigenvalue weighted by Gasteiger charge is 2.29. The summed E-state index contributed by atoms with van der Waals surface area (Å²) >= 11 is 0. The molecule has 7 amide bonds. The second-order valence-corrected chi connectivity index (χ2v) is 13.1. The number of alkyl carbamates (subject to hydrolysis) is 1. The summed E-state index contributed by atoms with van der Waals surface area (Å²) in [5, 5.41) is 21.1. The number of hydrogen-bond donors (Lipinski definition) is 5. The van der Waals surface area contributed by atoms with Crippen LogP contribution in [0.15, 0.2) is 60.7 Å². The number of anilines is 1. The number of nitro groups is 1. The maximum Gasteiger partial charge on any atom is 0.514 e. The topological polar surface area (TPSA) is 295 Å². The number of nitrogens with one attached hydrogen (secondary N) is 4. The van der Waals surface area contributed by atoms with Gasteiger partial charge in [-0.2, -0.15) is 0 Å². The number of rotatable bonds is 26. The number of urea groups is 1. The summed E-state index contributed by atoms with van der Waals surface area (Å²) in [5.74, 6) is -2.37. The summed E-state index contributed by atoms with van der Waals surface area (Å²) in [6, 6.07) is 8.15. The fraction of sp³-hybridized carbons (Fsp3) is 0.447. The zero-order chi connectivity index (χ0) is 43.9. The average molecular weight is 844 g/mol. The second-order valence-electron chi connectivity index (χ2n) is 13.1. The quantitative estimate of drug-likeness (QED) is 0.0226. The van der Waals surface area contributed by atoms with Crippen molar-refractivity contribution in [3.8, 4) is 5.75 Å². The molecule has 0 saturated carbocycles. The van der Waals surface area contributed by atoms with Crippen molar-refractivity contribution in [3.05, 3.63) is 76.4 Å². The van der Waals surface area contributed by atoms with Gasteiger partial charge in [-0.05, 0) is 48.6 Å². The first-order valence-corrected chi connectivity index (χ1v) is 18.8. The molecule has 2 atom stereocenters. The lowest BCUT2D eigenvalue weighted by Gasteiger charge is -2.25. The summed E-state index contributed by atoms with van der Waals surface area (Å²) in [5.41, 5.74) is 5.85. The van der Waals surface area contributed by atoms with E-state index in [1.807, 2.05) is 0 Å². The van der Waals surface area contributed by atoms with Crippen LogP contribution in [0.2, 0.25) is 0 Å². The molecule has 0 radical (unpaired) electrons. The predicted octanol–water partition coefficient (Wildman–Crippen LogP) is 1.91. The van der Waals surface area contributed by atoms with Crippen LogP contribution in [0.4, 0.5) is 25.8 Å². The van der Waals surface area contributed by atoms with Gasteiger partial charge in [0.15, 0.2) is 0 Å². The zero-order valence-corrected chi connectivity index (χ0v) is 33.1. The van der Waals surface area contributed by atoms with Crippen molar-refractivity contribution in [2.45, 2.75) is 45.4 Å². The van der Waals surface area contributed by atoms with E-state index < -0.39 is 53.0 Å². The van der Waals surface area contributed by atoms with Gasteiger partial charge in [0.25, 0.3) is 17.5 Å². The molecule has 0 saturated heterocycles. The Kier molecular flexibility index (Phi) is 20.4. The summed E-state index contributed by atoms with van der Waals surface area (Å²) in [7, 11) is 0.